The highest BCUT2D eigenvalue weighted by Gasteiger charge is 2.31. The van der Waals surface area contributed by atoms with Crippen molar-refractivity contribution < 1.29 is 13.2 Å². The van der Waals surface area contributed by atoms with E-state index in [2.05, 4.69) is 9.97 Å². The summed E-state index contributed by atoms with van der Waals surface area (Å²) in [6.45, 7) is 0. The molecular weight excluding hydrogens is 408 g/mol. The molecule has 1 N–H and O–H groups in total. The minimum absolute atomic E-state index is 0.118. The van der Waals surface area contributed by atoms with E-state index in [0.717, 1.165) is 12.1 Å². The van der Waals surface area contributed by atoms with Gasteiger partial charge in [-0.1, -0.05) is 12.1 Å². The van der Waals surface area contributed by atoms with Gasteiger partial charge >= 0.3 is 6.18 Å². The quantitative estimate of drug-likeness (QED) is 0.605. The minimum Gasteiger partial charge on any atom is -0.306 e. The van der Waals surface area contributed by atoms with Crippen molar-refractivity contribution >= 4 is 33.5 Å². The van der Waals surface area contributed by atoms with E-state index in [1.54, 1.807) is 52.9 Å². The number of nitrogens with one attached hydrogen (secondary N) is 1. The molecule has 0 fully saturated rings. The van der Waals surface area contributed by atoms with Crippen LogP contribution in [0.3, 0.4) is 0 Å². The van der Waals surface area contributed by atoms with E-state index in [9.17, 15) is 18.0 Å². The average molecular weight is 416 g/mol. The summed E-state index contributed by atoms with van der Waals surface area (Å²) in [6, 6.07) is 10.2. The Hall–Kier alpha value is -1.90. The Labute approximate surface area is 136 Å². The lowest BCUT2D eigenvalue weighted by Crippen LogP contribution is -2.10. The second-order valence-electron chi connectivity index (χ2n) is 4.66. The fourth-order valence-corrected chi connectivity index (χ4v) is 2.78. The Balaban J connectivity index is 2.24. The Kier molecular flexibility index (Phi) is 3.67. The van der Waals surface area contributed by atoms with E-state index >= 15 is 0 Å². The molecule has 0 unspecified atom stereocenters. The minimum atomic E-state index is -4.45. The first-order valence-electron chi connectivity index (χ1n) is 6.22. The largest absolute Gasteiger partial charge is 0.416 e. The number of nitrogens with zero attached hydrogens (tertiary/aromatic N) is 1. The second-order valence-corrected chi connectivity index (χ2v) is 5.90. The smallest absolute Gasteiger partial charge is 0.306 e. The molecule has 0 amide bonds. The standard InChI is InChI=1S/C15H8F3IN2O/c16-15(17,18)9-5-8(6-10(19)7-9)13-20-12-4-2-1-3-11(12)14(22)21-13/h1-7H,(H,20,21,22). The van der Waals surface area contributed by atoms with E-state index in [4.69, 9.17) is 0 Å². The van der Waals surface area contributed by atoms with Gasteiger partial charge in [-0.15, -0.1) is 0 Å². The number of aromatic nitrogens is 2. The van der Waals surface area contributed by atoms with Crippen LogP contribution in [0.5, 0.6) is 0 Å². The molecule has 3 aromatic rings. The second kappa shape index (κ2) is 5.38. The molecule has 0 aliphatic heterocycles. The van der Waals surface area contributed by atoms with Crippen molar-refractivity contribution in [3.05, 3.63) is 62.0 Å². The van der Waals surface area contributed by atoms with Crippen molar-refractivity contribution in [2.45, 2.75) is 6.18 Å². The highest BCUT2D eigenvalue weighted by molar-refractivity contribution is 14.1. The third kappa shape index (κ3) is 2.85. The van der Waals surface area contributed by atoms with Crippen LogP contribution in [0.25, 0.3) is 22.3 Å². The van der Waals surface area contributed by atoms with Crippen LogP contribution in [0.2, 0.25) is 0 Å². The van der Waals surface area contributed by atoms with E-state index in [0.29, 0.717) is 14.5 Å². The van der Waals surface area contributed by atoms with E-state index in [-0.39, 0.29) is 16.9 Å². The van der Waals surface area contributed by atoms with Gasteiger partial charge in [-0.3, -0.25) is 4.79 Å². The van der Waals surface area contributed by atoms with Crippen LogP contribution < -0.4 is 5.56 Å². The molecule has 1 heterocycles. The lowest BCUT2D eigenvalue weighted by molar-refractivity contribution is -0.137. The van der Waals surface area contributed by atoms with E-state index < -0.39 is 11.7 Å². The van der Waals surface area contributed by atoms with Gasteiger partial charge in [0.15, 0.2) is 0 Å². The number of halogens is 4. The first-order chi connectivity index (χ1) is 10.3. The predicted octanol–water partition coefficient (Wildman–Crippen LogP) is 4.21. The van der Waals surface area contributed by atoms with E-state index in [1.807, 2.05) is 0 Å². The Morgan fingerprint density at radius 1 is 1.09 bits per heavy atom. The molecular formula is C15H8F3IN2O. The molecule has 0 bridgehead atoms. The van der Waals surface area contributed by atoms with Gasteiger partial charge in [-0.25, -0.2) is 4.98 Å². The molecule has 22 heavy (non-hydrogen) atoms. The number of benzene rings is 2. The monoisotopic (exact) mass is 416 g/mol. The molecule has 0 spiro atoms. The molecule has 0 radical (unpaired) electrons. The summed E-state index contributed by atoms with van der Waals surface area (Å²) in [5.41, 5.74) is -0.492. The third-order valence-electron chi connectivity index (χ3n) is 3.11. The molecule has 7 heteroatoms. The highest BCUT2D eigenvalue weighted by atomic mass is 127. The van der Waals surface area contributed by atoms with Gasteiger partial charge in [0.25, 0.3) is 5.56 Å². The Bertz CT molecular complexity index is 919. The van der Waals surface area contributed by atoms with E-state index in [1.165, 1.54) is 0 Å². The van der Waals surface area contributed by atoms with Gasteiger partial charge in [0.1, 0.15) is 5.82 Å². The molecule has 0 saturated heterocycles. The number of alkyl halides is 3. The van der Waals surface area contributed by atoms with Crippen molar-refractivity contribution in [1.29, 1.82) is 0 Å². The zero-order valence-electron chi connectivity index (χ0n) is 10.9. The summed E-state index contributed by atoms with van der Waals surface area (Å²) in [5, 5.41) is 0.396. The van der Waals surface area contributed by atoms with Crippen LogP contribution in [0.1, 0.15) is 5.56 Å². The third-order valence-corrected chi connectivity index (χ3v) is 3.73. The Morgan fingerprint density at radius 3 is 2.55 bits per heavy atom. The van der Waals surface area contributed by atoms with Crippen molar-refractivity contribution in [3.8, 4) is 11.4 Å². The SMILES string of the molecule is O=c1[nH]c(-c2cc(I)cc(C(F)(F)F)c2)nc2ccccc12. The molecule has 0 saturated carbocycles. The van der Waals surface area contributed by atoms with Crippen LogP contribution in [0.15, 0.2) is 47.3 Å². The first kappa shape index (κ1) is 15.0. The summed E-state index contributed by atoms with van der Waals surface area (Å²) >= 11 is 1.80. The Morgan fingerprint density at radius 2 is 1.82 bits per heavy atom. The maximum atomic E-state index is 12.9. The molecule has 3 nitrogen and oxygen atoms in total. The fraction of sp³-hybridized carbons (Fsp3) is 0.0667. The van der Waals surface area contributed by atoms with Crippen molar-refractivity contribution in [2.75, 3.05) is 0 Å². The van der Waals surface area contributed by atoms with Gasteiger partial charge in [0, 0.05) is 9.13 Å². The molecule has 1 aromatic heterocycles. The predicted molar refractivity (Wildman–Crippen MR) is 85.5 cm³/mol. The molecule has 0 aliphatic rings. The zero-order chi connectivity index (χ0) is 15.9. The number of hydrogen-bond donors (Lipinski definition) is 1. The first-order valence-corrected chi connectivity index (χ1v) is 7.30. The molecule has 0 aliphatic carbocycles. The maximum Gasteiger partial charge on any atom is 0.416 e. The van der Waals surface area contributed by atoms with Crippen molar-refractivity contribution in [3.63, 3.8) is 0 Å². The highest BCUT2D eigenvalue weighted by Crippen LogP contribution is 2.33. The number of fused-ring (bicyclic) bond motifs is 1. The van der Waals surface area contributed by atoms with Crippen LogP contribution in [0.4, 0.5) is 13.2 Å². The van der Waals surface area contributed by atoms with Crippen LogP contribution in [-0.4, -0.2) is 9.97 Å². The molecule has 112 valence electrons. The molecule has 0 atom stereocenters. The number of rotatable bonds is 1. The number of para-hydroxylation sites is 1. The normalized spacial score (nSPS) is 11.8. The van der Waals surface area contributed by atoms with Gasteiger partial charge in [0.2, 0.25) is 0 Å². The van der Waals surface area contributed by atoms with Crippen molar-refractivity contribution in [1.82, 2.24) is 9.97 Å². The maximum absolute atomic E-state index is 12.9. The fourth-order valence-electron chi connectivity index (χ4n) is 2.11. The number of H-pyrrole nitrogens is 1. The van der Waals surface area contributed by atoms with Gasteiger partial charge < -0.3 is 4.98 Å². The summed E-state index contributed by atoms with van der Waals surface area (Å²) in [4.78, 5) is 18.8. The zero-order valence-corrected chi connectivity index (χ0v) is 13.1. The van der Waals surface area contributed by atoms with Crippen LogP contribution in [0, 0.1) is 3.57 Å². The number of hydrogen-bond acceptors (Lipinski definition) is 2. The lowest BCUT2D eigenvalue weighted by Gasteiger charge is -2.10. The molecule has 3 rings (SSSR count). The summed E-state index contributed by atoms with van der Waals surface area (Å²) in [5.74, 6) is 0.118. The topological polar surface area (TPSA) is 45.8 Å². The summed E-state index contributed by atoms with van der Waals surface area (Å²) in [6.07, 6.45) is -4.45. The van der Waals surface area contributed by atoms with Crippen LogP contribution in [-0.2, 0) is 6.18 Å². The van der Waals surface area contributed by atoms with Crippen LogP contribution >= 0.6 is 22.6 Å². The summed E-state index contributed by atoms with van der Waals surface area (Å²) in [7, 11) is 0. The average Bonchev–Trinajstić information content (AvgIpc) is 2.45. The summed E-state index contributed by atoms with van der Waals surface area (Å²) < 4.78 is 39.1. The van der Waals surface area contributed by atoms with Gasteiger partial charge in [0.05, 0.1) is 16.5 Å². The van der Waals surface area contributed by atoms with Gasteiger partial charge in [-0.2, -0.15) is 13.2 Å². The molecule has 2 aromatic carbocycles. The van der Waals surface area contributed by atoms with Gasteiger partial charge in [-0.05, 0) is 52.9 Å². The van der Waals surface area contributed by atoms with Crippen molar-refractivity contribution in [2.24, 2.45) is 0 Å². The lowest BCUT2D eigenvalue weighted by atomic mass is 10.1. The number of aromatic amines is 1.